The number of hydrogen-bond donors (Lipinski definition) is 1. The summed E-state index contributed by atoms with van der Waals surface area (Å²) >= 11 is 13.3. The highest BCUT2D eigenvalue weighted by Gasteiger charge is 2.12. The lowest BCUT2D eigenvalue weighted by molar-refractivity contribution is 0.0946. The van der Waals surface area contributed by atoms with E-state index < -0.39 is 0 Å². The second-order valence-corrected chi connectivity index (χ2v) is 5.83. The number of nitrogens with one attached hydrogen (secondary N) is 1. The summed E-state index contributed by atoms with van der Waals surface area (Å²) in [5.41, 5.74) is 0.150. The Bertz CT molecular complexity index is 583. The maximum absolute atomic E-state index is 11.9. The molecule has 94 valence electrons. The average molecular weight is 301 g/mol. The van der Waals surface area contributed by atoms with Gasteiger partial charge in [0.05, 0.1) is 11.6 Å². The number of aromatic nitrogens is 1. The Labute approximate surface area is 119 Å². The van der Waals surface area contributed by atoms with Crippen LogP contribution in [0.25, 0.3) is 0 Å². The number of rotatable bonds is 3. The van der Waals surface area contributed by atoms with Crippen molar-refractivity contribution < 1.29 is 4.79 Å². The molecule has 0 radical (unpaired) electrons. The van der Waals surface area contributed by atoms with Crippen molar-refractivity contribution in [2.75, 3.05) is 0 Å². The molecule has 2 rings (SSSR count). The van der Waals surface area contributed by atoms with E-state index in [4.69, 9.17) is 23.2 Å². The van der Waals surface area contributed by atoms with Crippen LogP contribution in [-0.4, -0.2) is 10.9 Å². The van der Waals surface area contributed by atoms with E-state index in [9.17, 15) is 4.79 Å². The Morgan fingerprint density at radius 2 is 2.11 bits per heavy atom. The fraction of sp³-hybridized carbons (Fsp3) is 0.167. The van der Waals surface area contributed by atoms with Crippen molar-refractivity contribution in [3.8, 4) is 0 Å². The van der Waals surface area contributed by atoms with Crippen LogP contribution in [0, 0.1) is 6.92 Å². The van der Waals surface area contributed by atoms with Gasteiger partial charge < -0.3 is 5.32 Å². The normalized spacial score (nSPS) is 10.4. The van der Waals surface area contributed by atoms with Crippen molar-refractivity contribution in [2.24, 2.45) is 0 Å². The standard InChI is InChI=1S/C12H10Cl2N2OS/c1-7-2-3-8(18-7)6-15-12(17)11-9(13)4-5-10(14)16-11/h2-5H,6H2,1H3,(H,15,17). The fourth-order valence-electron chi connectivity index (χ4n) is 1.41. The van der Waals surface area contributed by atoms with Gasteiger partial charge in [0.1, 0.15) is 10.8 Å². The number of carbonyl (C=O) groups is 1. The summed E-state index contributed by atoms with van der Waals surface area (Å²) in [7, 11) is 0. The molecular weight excluding hydrogens is 291 g/mol. The first-order chi connectivity index (χ1) is 8.56. The van der Waals surface area contributed by atoms with Gasteiger partial charge in [0.2, 0.25) is 0 Å². The Kier molecular flexibility index (Phi) is 4.22. The van der Waals surface area contributed by atoms with Crippen LogP contribution in [0.3, 0.4) is 0 Å². The second kappa shape index (κ2) is 5.69. The summed E-state index contributed by atoms with van der Waals surface area (Å²) < 4.78 is 0. The predicted octanol–water partition coefficient (Wildman–Crippen LogP) is 3.69. The summed E-state index contributed by atoms with van der Waals surface area (Å²) in [5.74, 6) is -0.325. The molecule has 0 unspecified atom stereocenters. The third kappa shape index (κ3) is 3.22. The summed E-state index contributed by atoms with van der Waals surface area (Å²) in [6.45, 7) is 2.48. The number of aryl methyl sites for hydroxylation is 1. The quantitative estimate of drug-likeness (QED) is 0.879. The largest absolute Gasteiger partial charge is 0.346 e. The van der Waals surface area contributed by atoms with Gasteiger partial charge >= 0.3 is 0 Å². The van der Waals surface area contributed by atoms with Crippen molar-refractivity contribution in [3.05, 3.63) is 49.9 Å². The maximum atomic E-state index is 11.9. The molecule has 0 bridgehead atoms. The number of carbonyl (C=O) groups excluding carboxylic acids is 1. The van der Waals surface area contributed by atoms with Gasteiger partial charge in [-0.15, -0.1) is 11.3 Å². The highest BCUT2D eigenvalue weighted by molar-refractivity contribution is 7.11. The van der Waals surface area contributed by atoms with E-state index in [0.717, 1.165) is 4.88 Å². The van der Waals surface area contributed by atoms with E-state index in [1.165, 1.54) is 4.88 Å². The lowest BCUT2D eigenvalue weighted by Crippen LogP contribution is -2.23. The molecule has 0 aliphatic heterocycles. The smallest absolute Gasteiger partial charge is 0.271 e. The second-order valence-electron chi connectivity index (χ2n) is 3.66. The monoisotopic (exact) mass is 300 g/mol. The minimum absolute atomic E-state index is 0.150. The molecule has 0 fully saturated rings. The van der Waals surface area contributed by atoms with Crippen LogP contribution in [0.2, 0.25) is 10.2 Å². The topological polar surface area (TPSA) is 42.0 Å². The maximum Gasteiger partial charge on any atom is 0.271 e. The molecule has 1 amide bonds. The molecule has 2 heterocycles. The highest BCUT2D eigenvalue weighted by Crippen LogP contribution is 2.18. The van der Waals surface area contributed by atoms with E-state index >= 15 is 0 Å². The van der Waals surface area contributed by atoms with Crippen LogP contribution in [0.5, 0.6) is 0 Å². The van der Waals surface area contributed by atoms with Gasteiger partial charge in [-0.1, -0.05) is 23.2 Å². The van der Waals surface area contributed by atoms with Crippen LogP contribution >= 0.6 is 34.5 Å². The van der Waals surface area contributed by atoms with Gasteiger partial charge in [-0.2, -0.15) is 0 Å². The predicted molar refractivity (Wildman–Crippen MR) is 74.5 cm³/mol. The Balaban J connectivity index is 2.05. The van der Waals surface area contributed by atoms with Crippen LogP contribution in [-0.2, 0) is 6.54 Å². The first kappa shape index (κ1) is 13.3. The zero-order valence-electron chi connectivity index (χ0n) is 9.54. The van der Waals surface area contributed by atoms with Crippen LogP contribution in [0.1, 0.15) is 20.2 Å². The van der Waals surface area contributed by atoms with Gasteiger partial charge in [-0.3, -0.25) is 4.79 Å². The van der Waals surface area contributed by atoms with E-state index in [-0.39, 0.29) is 16.8 Å². The molecule has 0 saturated carbocycles. The Morgan fingerprint density at radius 1 is 1.33 bits per heavy atom. The first-order valence-corrected chi connectivity index (χ1v) is 6.79. The van der Waals surface area contributed by atoms with Crippen molar-refractivity contribution in [2.45, 2.75) is 13.5 Å². The molecule has 0 aromatic carbocycles. The van der Waals surface area contributed by atoms with Gasteiger partial charge in [0, 0.05) is 9.75 Å². The lowest BCUT2D eigenvalue weighted by Gasteiger charge is -2.05. The lowest BCUT2D eigenvalue weighted by atomic mass is 10.3. The van der Waals surface area contributed by atoms with Gasteiger partial charge in [0.15, 0.2) is 0 Å². The van der Waals surface area contributed by atoms with E-state index in [1.54, 1.807) is 23.5 Å². The van der Waals surface area contributed by atoms with Crippen molar-refractivity contribution >= 4 is 40.4 Å². The van der Waals surface area contributed by atoms with Gasteiger partial charge in [-0.25, -0.2) is 4.98 Å². The molecule has 3 nitrogen and oxygen atoms in total. The zero-order chi connectivity index (χ0) is 13.1. The number of amides is 1. The average Bonchev–Trinajstić information content (AvgIpc) is 2.75. The number of halogens is 2. The van der Waals surface area contributed by atoms with Gasteiger partial charge in [-0.05, 0) is 31.2 Å². The molecule has 1 N–H and O–H groups in total. The summed E-state index contributed by atoms with van der Waals surface area (Å²) in [6.07, 6.45) is 0. The van der Waals surface area contributed by atoms with Gasteiger partial charge in [0.25, 0.3) is 5.91 Å². The molecule has 0 aliphatic carbocycles. The minimum atomic E-state index is -0.325. The summed E-state index contributed by atoms with van der Waals surface area (Å²) in [5, 5.41) is 3.30. The molecule has 0 saturated heterocycles. The zero-order valence-corrected chi connectivity index (χ0v) is 11.9. The molecule has 0 atom stereocenters. The molecular formula is C12H10Cl2N2OS. The number of nitrogens with zero attached hydrogens (tertiary/aromatic N) is 1. The number of pyridine rings is 1. The third-order valence-corrected chi connectivity index (χ3v) is 3.76. The molecule has 6 heteroatoms. The Hall–Kier alpha value is -1.10. The summed E-state index contributed by atoms with van der Waals surface area (Å²) in [4.78, 5) is 18.1. The number of hydrogen-bond acceptors (Lipinski definition) is 3. The molecule has 0 spiro atoms. The molecule has 2 aromatic heterocycles. The van der Waals surface area contributed by atoms with Crippen molar-refractivity contribution in [1.29, 1.82) is 0 Å². The minimum Gasteiger partial charge on any atom is -0.346 e. The fourth-order valence-corrected chi connectivity index (χ4v) is 2.58. The highest BCUT2D eigenvalue weighted by atomic mass is 35.5. The SMILES string of the molecule is Cc1ccc(CNC(=O)c2nc(Cl)ccc2Cl)s1. The van der Waals surface area contributed by atoms with E-state index in [0.29, 0.717) is 11.6 Å². The van der Waals surface area contributed by atoms with Crippen molar-refractivity contribution in [3.63, 3.8) is 0 Å². The van der Waals surface area contributed by atoms with Crippen LogP contribution in [0.15, 0.2) is 24.3 Å². The molecule has 2 aromatic rings. The van der Waals surface area contributed by atoms with Crippen molar-refractivity contribution in [1.82, 2.24) is 10.3 Å². The molecule has 0 aliphatic rings. The van der Waals surface area contributed by atoms with E-state index in [2.05, 4.69) is 10.3 Å². The Morgan fingerprint density at radius 3 is 2.78 bits per heavy atom. The first-order valence-electron chi connectivity index (χ1n) is 5.22. The van der Waals surface area contributed by atoms with Crippen LogP contribution < -0.4 is 5.32 Å². The number of thiophene rings is 1. The third-order valence-electron chi connectivity index (χ3n) is 2.25. The van der Waals surface area contributed by atoms with E-state index in [1.807, 2.05) is 19.1 Å². The summed E-state index contributed by atoms with van der Waals surface area (Å²) in [6, 6.07) is 7.09. The molecule has 18 heavy (non-hydrogen) atoms. The van der Waals surface area contributed by atoms with Crippen LogP contribution in [0.4, 0.5) is 0 Å².